The minimum atomic E-state index is -3.43. The first kappa shape index (κ1) is 16.9. The molecular weight excluding hydrogens is 284 g/mol. The summed E-state index contributed by atoms with van der Waals surface area (Å²) in [6, 6.07) is -1.53. The Balaban J connectivity index is 2.71. The highest BCUT2D eigenvalue weighted by atomic mass is 32.2. The van der Waals surface area contributed by atoms with Crippen molar-refractivity contribution >= 4 is 21.9 Å². The van der Waals surface area contributed by atoms with E-state index in [9.17, 15) is 18.0 Å². The highest BCUT2D eigenvalue weighted by Gasteiger charge is 2.35. The largest absolute Gasteiger partial charge is 0.464 e. The van der Waals surface area contributed by atoms with Crippen molar-refractivity contribution in [3.8, 4) is 0 Å². The van der Waals surface area contributed by atoms with Gasteiger partial charge in [-0.15, -0.1) is 0 Å². The first-order valence-corrected chi connectivity index (χ1v) is 8.56. The van der Waals surface area contributed by atoms with Crippen molar-refractivity contribution in [3.05, 3.63) is 0 Å². The van der Waals surface area contributed by atoms with E-state index in [2.05, 4.69) is 5.32 Å². The van der Waals surface area contributed by atoms with Gasteiger partial charge in [0.15, 0.2) is 0 Å². The van der Waals surface area contributed by atoms with Crippen LogP contribution in [0.2, 0.25) is 0 Å². The summed E-state index contributed by atoms with van der Waals surface area (Å²) >= 11 is 0. The number of rotatable bonds is 5. The van der Waals surface area contributed by atoms with E-state index in [1.54, 1.807) is 6.92 Å². The standard InChI is InChI=1S/C12H22N2O5S/c1-4-19-12(16)9(2)13-11(15)10-7-5-6-8-14(10)20(3,17)18/h9-10H,4-8H2,1-3H3,(H,13,15). The number of ether oxygens (including phenoxy) is 1. The third-order valence-corrected chi connectivity index (χ3v) is 4.47. The van der Waals surface area contributed by atoms with Crippen LogP contribution in [0.1, 0.15) is 33.1 Å². The number of nitrogens with one attached hydrogen (secondary N) is 1. The summed E-state index contributed by atoms with van der Waals surface area (Å²) < 4.78 is 29.4. The number of hydrogen-bond donors (Lipinski definition) is 1. The molecule has 116 valence electrons. The molecule has 2 unspecified atom stereocenters. The monoisotopic (exact) mass is 306 g/mol. The molecule has 0 radical (unpaired) electrons. The van der Waals surface area contributed by atoms with Crippen molar-refractivity contribution in [2.24, 2.45) is 0 Å². The average Bonchev–Trinajstić information content (AvgIpc) is 2.37. The average molecular weight is 306 g/mol. The van der Waals surface area contributed by atoms with Gasteiger partial charge in [-0.3, -0.25) is 4.79 Å². The van der Waals surface area contributed by atoms with Crippen LogP contribution >= 0.6 is 0 Å². The summed E-state index contributed by atoms with van der Waals surface area (Å²) in [6.45, 7) is 3.77. The maximum atomic E-state index is 12.1. The number of sulfonamides is 1. The molecular formula is C12H22N2O5S. The van der Waals surface area contributed by atoms with Gasteiger partial charge in [0.25, 0.3) is 0 Å². The number of carbonyl (C=O) groups excluding carboxylic acids is 2. The second kappa shape index (κ2) is 7.03. The Morgan fingerprint density at radius 3 is 2.60 bits per heavy atom. The lowest BCUT2D eigenvalue weighted by atomic mass is 10.0. The Bertz CT molecular complexity index is 462. The zero-order valence-corrected chi connectivity index (χ0v) is 12.9. The van der Waals surface area contributed by atoms with Gasteiger partial charge in [-0.2, -0.15) is 4.31 Å². The van der Waals surface area contributed by atoms with Crippen LogP contribution in [0, 0.1) is 0 Å². The van der Waals surface area contributed by atoms with Crippen LogP contribution in [0.15, 0.2) is 0 Å². The lowest BCUT2D eigenvalue weighted by Gasteiger charge is -2.33. The molecule has 0 spiro atoms. The molecule has 8 heteroatoms. The molecule has 1 heterocycles. The van der Waals surface area contributed by atoms with E-state index in [0.29, 0.717) is 13.0 Å². The van der Waals surface area contributed by atoms with Crippen LogP contribution in [-0.4, -0.2) is 56.1 Å². The smallest absolute Gasteiger partial charge is 0.328 e. The van der Waals surface area contributed by atoms with Crippen LogP contribution in [0.3, 0.4) is 0 Å². The van der Waals surface area contributed by atoms with E-state index >= 15 is 0 Å². The van der Waals surface area contributed by atoms with Gasteiger partial charge in [-0.25, -0.2) is 13.2 Å². The summed E-state index contributed by atoms with van der Waals surface area (Å²) in [5.41, 5.74) is 0. The molecule has 1 rings (SSSR count). The molecule has 0 bridgehead atoms. The quantitative estimate of drug-likeness (QED) is 0.714. The third-order valence-electron chi connectivity index (χ3n) is 3.18. The number of piperidine rings is 1. The lowest BCUT2D eigenvalue weighted by molar-refractivity contribution is -0.147. The molecule has 0 aliphatic carbocycles. The van der Waals surface area contributed by atoms with Crippen molar-refractivity contribution in [2.45, 2.75) is 45.2 Å². The minimum absolute atomic E-state index is 0.234. The van der Waals surface area contributed by atoms with E-state index < -0.39 is 34.0 Å². The zero-order chi connectivity index (χ0) is 15.3. The Morgan fingerprint density at radius 2 is 2.05 bits per heavy atom. The van der Waals surface area contributed by atoms with E-state index in [4.69, 9.17) is 4.74 Å². The lowest BCUT2D eigenvalue weighted by Crippen LogP contribution is -2.54. The van der Waals surface area contributed by atoms with Gasteiger partial charge >= 0.3 is 5.97 Å². The van der Waals surface area contributed by atoms with E-state index in [1.165, 1.54) is 11.2 Å². The van der Waals surface area contributed by atoms with Gasteiger partial charge in [0.05, 0.1) is 12.9 Å². The fourth-order valence-electron chi connectivity index (χ4n) is 2.20. The second-order valence-corrected chi connectivity index (χ2v) is 6.80. The molecule has 20 heavy (non-hydrogen) atoms. The van der Waals surface area contributed by atoms with Gasteiger partial charge in [-0.1, -0.05) is 6.42 Å². The molecule has 1 fully saturated rings. The number of hydrogen-bond acceptors (Lipinski definition) is 5. The molecule has 0 aromatic rings. The van der Waals surface area contributed by atoms with E-state index in [0.717, 1.165) is 19.1 Å². The SMILES string of the molecule is CCOC(=O)C(C)NC(=O)C1CCCCN1S(C)(=O)=O. The summed E-state index contributed by atoms with van der Waals surface area (Å²) in [5.74, 6) is -0.974. The summed E-state index contributed by atoms with van der Waals surface area (Å²) in [4.78, 5) is 23.6. The predicted molar refractivity (Wildman–Crippen MR) is 73.4 cm³/mol. The second-order valence-electron chi connectivity index (χ2n) is 4.87. The normalized spacial score (nSPS) is 22.1. The first-order chi connectivity index (χ1) is 9.27. The summed E-state index contributed by atoms with van der Waals surface area (Å²) in [7, 11) is -3.43. The Kier molecular flexibility index (Phi) is 5.94. The fraction of sp³-hybridized carbons (Fsp3) is 0.833. The summed E-state index contributed by atoms with van der Waals surface area (Å²) in [5, 5.41) is 2.52. The van der Waals surface area contributed by atoms with Crippen LogP contribution in [0.25, 0.3) is 0 Å². The Hall–Kier alpha value is -1.15. The molecule has 1 amide bonds. The molecule has 0 aromatic heterocycles. The highest BCUT2D eigenvalue weighted by Crippen LogP contribution is 2.20. The summed E-state index contributed by atoms with van der Waals surface area (Å²) in [6.07, 6.45) is 3.09. The maximum Gasteiger partial charge on any atom is 0.328 e. The van der Waals surface area contributed by atoms with Crippen molar-refractivity contribution < 1.29 is 22.7 Å². The van der Waals surface area contributed by atoms with Gasteiger partial charge in [-0.05, 0) is 26.7 Å². The van der Waals surface area contributed by atoms with Crippen LogP contribution in [0.4, 0.5) is 0 Å². The molecule has 0 saturated carbocycles. The van der Waals surface area contributed by atoms with Gasteiger partial charge < -0.3 is 10.1 Å². The molecule has 2 atom stereocenters. The number of esters is 1. The van der Waals surface area contributed by atoms with E-state index in [1.807, 2.05) is 0 Å². The molecule has 0 aromatic carbocycles. The molecule has 7 nitrogen and oxygen atoms in total. The number of carbonyl (C=O) groups is 2. The predicted octanol–water partition coefficient (Wildman–Crippen LogP) is -0.132. The first-order valence-electron chi connectivity index (χ1n) is 6.71. The zero-order valence-electron chi connectivity index (χ0n) is 12.1. The molecule has 1 aliphatic rings. The topological polar surface area (TPSA) is 92.8 Å². The van der Waals surface area contributed by atoms with Crippen molar-refractivity contribution in [1.29, 1.82) is 0 Å². The van der Waals surface area contributed by atoms with E-state index in [-0.39, 0.29) is 6.61 Å². The Morgan fingerprint density at radius 1 is 1.40 bits per heavy atom. The Labute approximate surface area is 119 Å². The van der Waals surface area contributed by atoms with Gasteiger partial charge in [0.1, 0.15) is 12.1 Å². The van der Waals surface area contributed by atoms with Crippen LogP contribution < -0.4 is 5.32 Å². The number of amides is 1. The highest BCUT2D eigenvalue weighted by molar-refractivity contribution is 7.88. The number of nitrogens with zero attached hydrogens (tertiary/aromatic N) is 1. The third kappa shape index (κ3) is 4.45. The van der Waals surface area contributed by atoms with Crippen molar-refractivity contribution in [3.63, 3.8) is 0 Å². The van der Waals surface area contributed by atoms with Gasteiger partial charge in [0.2, 0.25) is 15.9 Å². The van der Waals surface area contributed by atoms with Crippen molar-refractivity contribution in [1.82, 2.24) is 9.62 Å². The molecule has 1 aliphatic heterocycles. The molecule has 1 N–H and O–H groups in total. The fourth-order valence-corrected chi connectivity index (χ4v) is 3.32. The molecule has 1 saturated heterocycles. The van der Waals surface area contributed by atoms with Crippen LogP contribution in [0.5, 0.6) is 0 Å². The minimum Gasteiger partial charge on any atom is -0.464 e. The van der Waals surface area contributed by atoms with Crippen molar-refractivity contribution in [2.75, 3.05) is 19.4 Å². The van der Waals surface area contributed by atoms with Gasteiger partial charge in [0, 0.05) is 6.54 Å². The van der Waals surface area contributed by atoms with Crippen LogP contribution in [-0.2, 0) is 24.3 Å². The maximum absolute atomic E-state index is 12.1.